The van der Waals surface area contributed by atoms with Gasteiger partial charge in [0.15, 0.2) is 0 Å². The standard InChI is InChI=1S/C12H8N2.C2H6/c1-3-9-7-12-10(4-2-6-14-12)8-11(9)13-5-1;1-2/h1-8H;1-2H3. The maximum absolute atomic E-state index is 4.30. The summed E-state index contributed by atoms with van der Waals surface area (Å²) in [5.74, 6) is 0. The highest BCUT2D eigenvalue weighted by atomic mass is 14.7. The normalized spacial score (nSPS) is 9.88. The van der Waals surface area contributed by atoms with Crippen LogP contribution >= 0.6 is 0 Å². The Labute approximate surface area is 95.0 Å². The first-order chi connectivity index (χ1) is 7.93. The number of hydrogen-bond donors (Lipinski definition) is 0. The highest BCUT2D eigenvalue weighted by Gasteiger charge is 1.97. The zero-order valence-corrected chi connectivity index (χ0v) is 9.51. The van der Waals surface area contributed by atoms with Crippen LogP contribution in [0.25, 0.3) is 21.8 Å². The van der Waals surface area contributed by atoms with Gasteiger partial charge < -0.3 is 0 Å². The van der Waals surface area contributed by atoms with E-state index in [0.717, 1.165) is 21.8 Å². The maximum Gasteiger partial charge on any atom is 0.0709 e. The Balaban J connectivity index is 0.000000457. The van der Waals surface area contributed by atoms with Crippen molar-refractivity contribution < 1.29 is 0 Å². The number of rotatable bonds is 0. The van der Waals surface area contributed by atoms with Gasteiger partial charge in [0.1, 0.15) is 0 Å². The minimum atomic E-state index is 1.02. The van der Waals surface area contributed by atoms with Crippen molar-refractivity contribution in [2.45, 2.75) is 13.8 Å². The molecule has 0 radical (unpaired) electrons. The summed E-state index contributed by atoms with van der Waals surface area (Å²) in [6, 6.07) is 12.1. The Morgan fingerprint density at radius 2 is 1.19 bits per heavy atom. The second-order valence-electron chi connectivity index (χ2n) is 3.24. The third-order valence-corrected chi connectivity index (χ3v) is 2.33. The van der Waals surface area contributed by atoms with Gasteiger partial charge in [-0.2, -0.15) is 0 Å². The lowest BCUT2D eigenvalue weighted by molar-refractivity contribution is 1.39. The molecule has 0 aliphatic rings. The van der Waals surface area contributed by atoms with Crippen LogP contribution in [0.3, 0.4) is 0 Å². The molecule has 0 bridgehead atoms. The molecule has 16 heavy (non-hydrogen) atoms. The first kappa shape index (κ1) is 10.6. The van der Waals surface area contributed by atoms with Gasteiger partial charge in [-0.25, -0.2) is 0 Å². The average Bonchev–Trinajstić information content (AvgIpc) is 2.38. The molecule has 2 nitrogen and oxygen atoms in total. The SMILES string of the molecule is CC.c1cnc2cc3cccnc3cc2c1. The smallest absolute Gasteiger partial charge is 0.0709 e. The van der Waals surface area contributed by atoms with Crippen molar-refractivity contribution in [3.05, 3.63) is 48.8 Å². The number of pyridine rings is 2. The van der Waals surface area contributed by atoms with E-state index in [1.807, 2.05) is 38.4 Å². The van der Waals surface area contributed by atoms with Crippen molar-refractivity contribution in [2.75, 3.05) is 0 Å². The zero-order valence-electron chi connectivity index (χ0n) is 9.51. The summed E-state index contributed by atoms with van der Waals surface area (Å²) < 4.78 is 0. The molecule has 0 atom stereocenters. The average molecular weight is 210 g/mol. The molecular formula is C14H14N2. The van der Waals surface area contributed by atoms with Gasteiger partial charge in [0, 0.05) is 23.2 Å². The van der Waals surface area contributed by atoms with Crippen LogP contribution in [0.4, 0.5) is 0 Å². The van der Waals surface area contributed by atoms with E-state index >= 15 is 0 Å². The van der Waals surface area contributed by atoms with Crippen LogP contribution in [0, 0.1) is 0 Å². The molecule has 0 unspecified atom stereocenters. The van der Waals surface area contributed by atoms with Crippen molar-refractivity contribution in [3.63, 3.8) is 0 Å². The lowest BCUT2D eigenvalue weighted by Crippen LogP contribution is -1.81. The molecule has 2 heterocycles. The molecule has 0 spiro atoms. The van der Waals surface area contributed by atoms with Gasteiger partial charge in [-0.05, 0) is 24.3 Å². The molecule has 3 aromatic rings. The predicted octanol–water partition coefficient (Wildman–Crippen LogP) is 3.81. The molecule has 1 aromatic carbocycles. The number of benzene rings is 1. The van der Waals surface area contributed by atoms with Crippen molar-refractivity contribution >= 4 is 21.8 Å². The first-order valence-corrected chi connectivity index (χ1v) is 5.53. The van der Waals surface area contributed by atoms with Crippen LogP contribution in [0.1, 0.15) is 13.8 Å². The number of fused-ring (bicyclic) bond motifs is 2. The summed E-state index contributed by atoms with van der Waals surface area (Å²) >= 11 is 0. The van der Waals surface area contributed by atoms with Gasteiger partial charge in [-0.15, -0.1) is 0 Å². The second kappa shape index (κ2) is 4.71. The van der Waals surface area contributed by atoms with Gasteiger partial charge >= 0.3 is 0 Å². The Kier molecular flexibility index (Phi) is 3.10. The van der Waals surface area contributed by atoms with E-state index in [1.54, 1.807) is 0 Å². The van der Waals surface area contributed by atoms with E-state index in [0.29, 0.717) is 0 Å². The summed E-state index contributed by atoms with van der Waals surface area (Å²) in [5.41, 5.74) is 2.04. The molecule has 0 aliphatic carbocycles. The van der Waals surface area contributed by atoms with Crippen LogP contribution in [0.15, 0.2) is 48.8 Å². The van der Waals surface area contributed by atoms with Gasteiger partial charge in [0.25, 0.3) is 0 Å². The maximum atomic E-state index is 4.30. The minimum absolute atomic E-state index is 1.02. The molecule has 0 saturated heterocycles. The fraction of sp³-hybridized carbons (Fsp3) is 0.143. The fourth-order valence-electron chi connectivity index (χ4n) is 1.64. The lowest BCUT2D eigenvalue weighted by Gasteiger charge is -1.99. The molecule has 2 aromatic heterocycles. The Hall–Kier alpha value is -1.96. The molecular weight excluding hydrogens is 196 g/mol. The second-order valence-corrected chi connectivity index (χ2v) is 3.24. The number of aromatic nitrogens is 2. The molecule has 3 rings (SSSR count). The van der Waals surface area contributed by atoms with Crippen molar-refractivity contribution in [1.82, 2.24) is 9.97 Å². The Morgan fingerprint density at radius 1 is 0.750 bits per heavy atom. The molecule has 0 fully saturated rings. The summed E-state index contributed by atoms with van der Waals surface area (Å²) in [6.45, 7) is 4.00. The fourth-order valence-corrected chi connectivity index (χ4v) is 1.64. The van der Waals surface area contributed by atoms with E-state index in [9.17, 15) is 0 Å². The summed E-state index contributed by atoms with van der Waals surface area (Å²) in [4.78, 5) is 8.61. The van der Waals surface area contributed by atoms with Gasteiger partial charge in [-0.3, -0.25) is 9.97 Å². The van der Waals surface area contributed by atoms with Gasteiger partial charge in [0.2, 0.25) is 0 Å². The summed E-state index contributed by atoms with van der Waals surface area (Å²) in [6.07, 6.45) is 3.62. The minimum Gasteiger partial charge on any atom is -0.256 e. The monoisotopic (exact) mass is 210 g/mol. The molecule has 80 valence electrons. The molecule has 0 aliphatic heterocycles. The number of nitrogens with zero attached hydrogens (tertiary/aromatic N) is 2. The predicted molar refractivity (Wildman–Crippen MR) is 68.4 cm³/mol. The van der Waals surface area contributed by atoms with E-state index in [4.69, 9.17) is 0 Å². The summed E-state index contributed by atoms with van der Waals surface area (Å²) in [5, 5.41) is 2.28. The van der Waals surface area contributed by atoms with E-state index in [-0.39, 0.29) is 0 Å². The summed E-state index contributed by atoms with van der Waals surface area (Å²) in [7, 11) is 0. The van der Waals surface area contributed by atoms with Crippen LogP contribution in [0.2, 0.25) is 0 Å². The topological polar surface area (TPSA) is 25.8 Å². The molecule has 2 heteroatoms. The van der Waals surface area contributed by atoms with E-state index in [2.05, 4.69) is 34.2 Å². The van der Waals surface area contributed by atoms with Crippen LogP contribution < -0.4 is 0 Å². The van der Waals surface area contributed by atoms with Crippen molar-refractivity contribution in [1.29, 1.82) is 0 Å². The van der Waals surface area contributed by atoms with E-state index in [1.165, 1.54) is 0 Å². The third kappa shape index (κ3) is 1.87. The largest absolute Gasteiger partial charge is 0.256 e. The first-order valence-electron chi connectivity index (χ1n) is 5.53. The Bertz CT molecular complexity index is 497. The zero-order chi connectivity index (χ0) is 11.4. The molecule has 0 saturated carbocycles. The van der Waals surface area contributed by atoms with Crippen molar-refractivity contribution in [2.24, 2.45) is 0 Å². The number of hydrogen-bond acceptors (Lipinski definition) is 2. The van der Waals surface area contributed by atoms with Gasteiger partial charge in [0.05, 0.1) is 11.0 Å². The van der Waals surface area contributed by atoms with Crippen LogP contribution in [-0.4, -0.2) is 9.97 Å². The van der Waals surface area contributed by atoms with Gasteiger partial charge in [-0.1, -0.05) is 26.0 Å². The van der Waals surface area contributed by atoms with Crippen molar-refractivity contribution in [3.8, 4) is 0 Å². The molecule has 0 amide bonds. The quantitative estimate of drug-likeness (QED) is 0.527. The van der Waals surface area contributed by atoms with E-state index < -0.39 is 0 Å². The third-order valence-electron chi connectivity index (χ3n) is 2.33. The molecule has 0 N–H and O–H groups in total. The van der Waals surface area contributed by atoms with Crippen LogP contribution in [0.5, 0.6) is 0 Å². The highest BCUT2D eigenvalue weighted by molar-refractivity contribution is 5.94. The highest BCUT2D eigenvalue weighted by Crippen LogP contribution is 2.18. The Morgan fingerprint density at radius 3 is 1.62 bits per heavy atom. The lowest BCUT2D eigenvalue weighted by atomic mass is 10.1. The van der Waals surface area contributed by atoms with Crippen LogP contribution in [-0.2, 0) is 0 Å².